The number of halogens is 2. The van der Waals surface area contributed by atoms with Gasteiger partial charge in [-0.3, -0.25) is 4.79 Å². The highest BCUT2D eigenvalue weighted by Gasteiger charge is 2.10. The van der Waals surface area contributed by atoms with Gasteiger partial charge >= 0.3 is 5.97 Å². The molecule has 0 spiro atoms. The highest BCUT2D eigenvalue weighted by atomic mass is 35.5. The number of nitrogens with two attached hydrogens (primary N) is 1. The van der Waals surface area contributed by atoms with Crippen molar-refractivity contribution in [2.75, 3.05) is 6.54 Å². The molecule has 0 bridgehead atoms. The molecule has 1 unspecified atom stereocenters. The van der Waals surface area contributed by atoms with Crippen molar-refractivity contribution in [3.05, 3.63) is 0 Å². The molecule has 0 aromatic carbocycles. The van der Waals surface area contributed by atoms with E-state index in [0.29, 0.717) is 13.0 Å². The molecule has 0 fully saturated rings. The quantitative estimate of drug-likeness (QED) is 0.610. The zero-order valence-electron chi connectivity index (χ0n) is 4.71. The van der Waals surface area contributed by atoms with Gasteiger partial charge < -0.3 is 10.8 Å². The first-order valence-electron chi connectivity index (χ1n) is 2.25. The standard InChI is InChI=1S/C4H8ClNO2.ClH/c5-3(1-2-6)4(7)8;/h3H,1-2,6H2,(H,7,8);1H. The zero-order chi connectivity index (χ0) is 6.57. The van der Waals surface area contributed by atoms with E-state index in [-0.39, 0.29) is 12.4 Å². The minimum absolute atomic E-state index is 0. The SMILES string of the molecule is Cl.NCCC(Cl)C(=O)O. The second-order valence-corrected chi connectivity index (χ2v) is 1.91. The summed E-state index contributed by atoms with van der Waals surface area (Å²) < 4.78 is 0. The van der Waals surface area contributed by atoms with E-state index in [1.165, 1.54) is 0 Å². The van der Waals surface area contributed by atoms with E-state index in [2.05, 4.69) is 0 Å². The number of hydrogen-bond acceptors (Lipinski definition) is 2. The van der Waals surface area contributed by atoms with Gasteiger partial charge in [0, 0.05) is 0 Å². The molecule has 0 aromatic rings. The highest BCUT2D eigenvalue weighted by Crippen LogP contribution is 1.98. The van der Waals surface area contributed by atoms with Crippen LogP contribution in [0.2, 0.25) is 0 Å². The van der Waals surface area contributed by atoms with E-state index in [1.807, 2.05) is 0 Å². The molecule has 1 atom stereocenters. The largest absolute Gasteiger partial charge is 0.480 e. The van der Waals surface area contributed by atoms with Crippen LogP contribution in [0.4, 0.5) is 0 Å². The number of carbonyl (C=O) groups is 1. The number of hydrogen-bond donors (Lipinski definition) is 2. The Balaban J connectivity index is 0. The number of rotatable bonds is 3. The summed E-state index contributed by atoms with van der Waals surface area (Å²) in [5.41, 5.74) is 5.02. The van der Waals surface area contributed by atoms with Gasteiger partial charge in [-0.25, -0.2) is 0 Å². The van der Waals surface area contributed by atoms with Gasteiger partial charge in [0.2, 0.25) is 0 Å². The summed E-state index contributed by atoms with van der Waals surface area (Å²) in [6.45, 7) is 0.320. The van der Waals surface area contributed by atoms with Crippen LogP contribution in [-0.2, 0) is 4.79 Å². The number of carboxylic acid groups (broad SMARTS) is 1. The summed E-state index contributed by atoms with van der Waals surface area (Å²) in [6, 6.07) is 0. The maximum atomic E-state index is 9.90. The van der Waals surface area contributed by atoms with Crippen LogP contribution in [0.3, 0.4) is 0 Å². The lowest BCUT2D eigenvalue weighted by Gasteiger charge is -1.97. The Morgan fingerprint density at radius 1 is 1.78 bits per heavy atom. The van der Waals surface area contributed by atoms with Crippen LogP contribution in [0.1, 0.15) is 6.42 Å². The van der Waals surface area contributed by atoms with Crippen LogP contribution >= 0.6 is 24.0 Å². The molecule has 9 heavy (non-hydrogen) atoms. The fourth-order valence-corrected chi connectivity index (χ4v) is 0.396. The lowest BCUT2D eigenvalue weighted by Crippen LogP contribution is -2.17. The lowest BCUT2D eigenvalue weighted by atomic mass is 10.3. The molecule has 0 heterocycles. The zero-order valence-corrected chi connectivity index (χ0v) is 6.28. The number of alkyl halides is 1. The van der Waals surface area contributed by atoms with Crippen LogP contribution < -0.4 is 5.73 Å². The van der Waals surface area contributed by atoms with Crippen molar-refractivity contribution >= 4 is 30.0 Å². The third-order valence-corrected chi connectivity index (χ3v) is 1.09. The molecule has 3 nitrogen and oxygen atoms in total. The van der Waals surface area contributed by atoms with Gasteiger partial charge in [0.15, 0.2) is 0 Å². The lowest BCUT2D eigenvalue weighted by molar-refractivity contribution is -0.136. The molecule has 3 N–H and O–H groups in total. The highest BCUT2D eigenvalue weighted by molar-refractivity contribution is 6.29. The normalized spacial score (nSPS) is 11.8. The fourth-order valence-electron chi connectivity index (χ4n) is 0.270. The average Bonchev–Trinajstić information content (AvgIpc) is 1.67. The molecule has 0 aliphatic heterocycles. The predicted molar refractivity (Wildman–Crippen MR) is 38.2 cm³/mol. The van der Waals surface area contributed by atoms with Crippen LogP contribution in [0, 0.1) is 0 Å². The third-order valence-electron chi connectivity index (χ3n) is 0.688. The molecule has 0 aliphatic carbocycles. The molecule has 0 radical (unpaired) electrons. The minimum atomic E-state index is -1.00. The average molecular weight is 174 g/mol. The molecule has 0 saturated heterocycles. The van der Waals surface area contributed by atoms with Crippen molar-refractivity contribution < 1.29 is 9.90 Å². The first-order valence-corrected chi connectivity index (χ1v) is 2.69. The first kappa shape index (κ1) is 11.8. The molecule has 0 aliphatic rings. The third kappa shape index (κ3) is 5.89. The van der Waals surface area contributed by atoms with Crippen LogP contribution in [0.25, 0.3) is 0 Å². The van der Waals surface area contributed by atoms with Gasteiger partial charge in [-0.05, 0) is 13.0 Å². The van der Waals surface area contributed by atoms with Gasteiger partial charge in [0.05, 0.1) is 0 Å². The topological polar surface area (TPSA) is 63.3 Å². The first-order chi connectivity index (χ1) is 3.68. The summed E-state index contributed by atoms with van der Waals surface area (Å²) in [5.74, 6) is -1.00. The molecule has 0 aromatic heterocycles. The summed E-state index contributed by atoms with van der Waals surface area (Å²) in [6.07, 6.45) is 0.330. The Bertz CT molecular complexity index is 88.6. The molecular weight excluding hydrogens is 165 g/mol. The molecular formula is C4H9Cl2NO2. The number of carboxylic acids is 1. The van der Waals surface area contributed by atoms with Crippen molar-refractivity contribution in [2.45, 2.75) is 11.8 Å². The summed E-state index contributed by atoms with van der Waals surface area (Å²) in [4.78, 5) is 9.90. The van der Waals surface area contributed by atoms with Crippen LogP contribution in [-0.4, -0.2) is 23.0 Å². The summed E-state index contributed by atoms with van der Waals surface area (Å²) in [7, 11) is 0. The Kier molecular flexibility index (Phi) is 8.02. The maximum absolute atomic E-state index is 9.90. The number of aliphatic carboxylic acids is 1. The van der Waals surface area contributed by atoms with Crippen molar-refractivity contribution in [2.24, 2.45) is 5.73 Å². The molecule has 0 rings (SSSR count). The summed E-state index contributed by atoms with van der Waals surface area (Å²) >= 11 is 5.24. The Labute approximate surface area is 64.6 Å². The van der Waals surface area contributed by atoms with E-state index >= 15 is 0 Å². The van der Waals surface area contributed by atoms with Crippen LogP contribution in [0.15, 0.2) is 0 Å². The second-order valence-electron chi connectivity index (χ2n) is 1.38. The van der Waals surface area contributed by atoms with E-state index < -0.39 is 11.3 Å². The van der Waals surface area contributed by atoms with Gasteiger partial charge in [-0.2, -0.15) is 0 Å². The molecule has 56 valence electrons. The Hall–Kier alpha value is 0.01000. The maximum Gasteiger partial charge on any atom is 0.321 e. The van der Waals surface area contributed by atoms with Gasteiger partial charge in [0.1, 0.15) is 5.38 Å². The van der Waals surface area contributed by atoms with Crippen molar-refractivity contribution in [1.29, 1.82) is 0 Å². The Morgan fingerprint density at radius 2 is 2.22 bits per heavy atom. The predicted octanol–water partition coefficient (Wildman–Crippen LogP) is 0.449. The van der Waals surface area contributed by atoms with Gasteiger partial charge in [-0.15, -0.1) is 24.0 Å². The van der Waals surface area contributed by atoms with Crippen molar-refractivity contribution in [3.63, 3.8) is 0 Å². The monoisotopic (exact) mass is 173 g/mol. The smallest absolute Gasteiger partial charge is 0.321 e. The van der Waals surface area contributed by atoms with Crippen LogP contribution in [0.5, 0.6) is 0 Å². The van der Waals surface area contributed by atoms with E-state index in [9.17, 15) is 4.79 Å². The van der Waals surface area contributed by atoms with E-state index in [4.69, 9.17) is 22.4 Å². The Morgan fingerprint density at radius 3 is 2.33 bits per heavy atom. The van der Waals surface area contributed by atoms with Gasteiger partial charge in [0.25, 0.3) is 0 Å². The molecule has 0 amide bonds. The van der Waals surface area contributed by atoms with Gasteiger partial charge in [-0.1, -0.05) is 0 Å². The second kappa shape index (κ2) is 6.13. The molecule has 5 heteroatoms. The van der Waals surface area contributed by atoms with E-state index in [1.54, 1.807) is 0 Å². The minimum Gasteiger partial charge on any atom is -0.480 e. The van der Waals surface area contributed by atoms with E-state index in [0.717, 1.165) is 0 Å². The fraction of sp³-hybridized carbons (Fsp3) is 0.750. The van der Waals surface area contributed by atoms with Crippen molar-refractivity contribution in [1.82, 2.24) is 0 Å². The van der Waals surface area contributed by atoms with Crippen molar-refractivity contribution in [3.8, 4) is 0 Å². The molecule has 0 saturated carbocycles. The summed E-state index contributed by atoms with van der Waals surface area (Å²) in [5, 5.41) is 7.31.